The number of hydrogen-bond donors (Lipinski definition) is 0. The number of carbonyl (C=O) groups is 2. The van der Waals surface area contributed by atoms with Crippen LogP contribution in [0.15, 0.2) is 52.3 Å². The van der Waals surface area contributed by atoms with E-state index in [0.29, 0.717) is 5.56 Å². The van der Waals surface area contributed by atoms with Gasteiger partial charge >= 0.3 is 0 Å². The molecular formula is C20H21N3O8S2. The van der Waals surface area contributed by atoms with Gasteiger partial charge in [0.05, 0.1) is 14.7 Å². The molecule has 1 saturated heterocycles. The van der Waals surface area contributed by atoms with Gasteiger partial charge in [0.1, 0.15) is 0 Å². The van der Waals surface area contributed by atoms with Crippen LogP contribution < -0.4 is 0 Å². The molecule has 0 saturated carbocycles. The average molecular weight is 496 g/mol. The Hall–Kier alpha value is -3.16. The van der Waals surface area contributed by atoms with Gasteiger partial charge in [0, 0.05) is 55.7 Å². The summed E-state index contributed by atoms with van der Waals surface area (Å²) in [7, 11) is -7.64. The van der Waals surface area contributed by atoms with Crippen LogP contribution in [-0.4, -0.2) is 75.1 Å². The molecule has 3 rings (SSSR count). The number of nitro benzene ring substituents is 1. The number of non-ortho nitro benzene ring substituents is 1. The SMILES string of the molecule is CC(=O)c1ccc(S(=O)(=O)N2CCN(C(=O)c3cc([N+](=O)[O-])cc(S(C)(=O)=O)c3)CC2)cc1. The van der Waals surface area contributed by atoms with Gasteiger partial charge in [-0.3, -0.25) is 19.7 Å². The molecule has 1 aliphatic rings. The zero-order valence-corrected chi connectivity index (χ0v) is 19.4. The van der Waals surface area contributed by atoms with Crippen LogP contribution in [0.5, 0.6) is 0 Å². The third-order valence-electron chi connectivity index (χ3n) is 5.20. The Bertz CT molecular complexity index is 1330. The van der Waals surface area contributed by atoms with Crippen LogP contribution in [0, 0.1) is 10.1 Å². The monoisotopic (exact) mass is 495 g/mol. The lowest BCUT2D eigenvalue weighted by Gasteiger charge is -2.34. The summed E-state index contributed by atoms with van der Waals surface area (Å²) < 4.78 is 50.7. The van der Waals surface area contributed by atoms with Crippen molar-refractivity contribution in [2.75, 3.05) is 32.4 Å². The Morgan fingerprint density at radius 3 is 1.94 bits per heavy atom. The summed E-state index contributed by atoms with van der Waals surface area (Å²) in [5.41, 5.74) is -0.313. The largest absolute Gasteiger partial charge is 0.336 e. The van der Waals surface area contributed by atoms with E-state index in [1.807, 2.05) is 0 Å². The van der Waals surface area contributed by atoms with Crippen LogP contribution in [0.3, 0.4) is 0 Å². The van der Waals surface area contributed by atoms with Gasteiger partial charge in [-0.1, -0.05) is 12.1 Å². The molecule has 0 radical (unpaired) electrons. The molecule has 0 atom stereocenters. The summed E-state index contributed by atoms with van der Waals surface area (Å²) in [5.74, 6) is -0.822. The highest BCUT2D eigenvalue weighted by Gasteiger charge is 2.31. The van der Waals surface area contributed by atoms with E-state index in [1.165, 1.54) is 40.4 Å². The number of sulfonamides is 1. The van der Waals surface area contributed by atoms with Gasteiger partial charge in [-0.05, 0) is 25.1 Å². The molecule has 1 heterocycles. The second kappa shape index (κ2) is 9.00. The van der Waals surface area contributed by atoms with Crippen molar-refractivity contribution in [2.45, 2.75) is 16.7 Å². The van der Waals surface area contributed by atoms with Gasteiger partial charge in [0.2, 0.25) is 10.0 Å². The number of Topliss-reactive ketones (excluding diaryl/α,β-unsaturated/α-hetero) is 1. The molecule has 1 amide bonds. The van der Waals surface area contributed by atoms with Gasteiger partial charge < -0.3 is 4.90 Å². The summed E-state index contributed by atoms with van der Waals surface area (Å²) in [6.45, 7) is 1.37. The lowest BCUT2D eigenvalue weighted by Crippen LogP contribution is -2.50. The average Bonchev–Trinajstić information content (AvgIpc) is 2.77. The summed E-state index contributed by atoms with van der Waals surface area (Å²) in [5, 5.41) is 11.2. The van der Waals surface area contributed by atoms with E-state index in [0.717, 1.165) is 24.5 Å². The van der Waals surface area contributed by atoms with Crippen LogP contribution >= 0.6 is 0 Å². The van der Waals surface area contributed by atoms with Gasteiger partial charge in [-0.25, -0.2) is 16.8 Å². The maximum atomic E-state index is 12.9. The maximum absolute atomic E-state index is 12.9. The number of amides is 1. The standard InChI is InChI=1S/C20H21N3O8S2/c1-14(24)15-3-5-18(6-4-15)33(30,31)22-9-7-21(8-10-22)20(25)16-11-17(23(26)27)13-19(12-16)32(2,28)29/h3-6,11-13H,7-10H2,1-2H3. The number of nitro groups is 1. The maximum Gasteiger partial charge on any atom is 0.271 e. The summed E-state index contributed by atoms with van der Waals surface area (Å²) in [4.78, 5) is 35.6. The first-order valence-corrected chi connectivity index (χ1v) is 13.0. The number of ketones is 1. The number of benzene rings is 2. The Morgan fingerprint density at radius 2 is 1.45 bits per heavy atom. The second-order valence-corrected chi connectivity index (χ2v) is 11.5. The molecule has 2 aromatic rings. The van der Waals surface area contributed by atoms with Crippen molar-refractivity contribution < 1.29 is 31.3 Å². The number of nitrogens with zero attached hydrogens (tertiary/aromatic N) is 3. The lowest BCUT2D eigenvalue weighted by molar-refractivity contribution is -0.385. The van der Waals surface area contributed by atoms with Crippen LogP contribution in [0.25, 0.3) is 0 Å². The molecular weight excluding hydrogens is 474 g/mol. The summed E-state index contributed by atoms with van der Waals surface area (Å²) >= 11 is 0. The fourth-order valence-corrected chi connectivity index (χ4v) is 5.45. The number of hydrogen-bond acceptors (Lipinski definition) is 8. The van der Waals surface area contributed by atoms with Gasteiger partial charge in [0.15, 0.2) is 15.6 Å². The fraction of sp³-hybridized carbons (Fsp3) is 0.300. The Morgan fingerprint density at radius 1 is 0.879 bits per heavy atom. The van der Waals surface area contributed by atoms with E-state index in [1.54, 1.807) is 0 Å². The highest BCUT2D eigenvalue weighted by molar-refractivity contribution is 7.90. The minimum Gasteiger partial charge on any atom is -0.336 e. The highest BCUT2D eigenvalue weighted by Crippen LogP contribution is 2.24. The first-order valence-electron chi connectivity index (χ1n) is 9.70. The zero-order chi connectivity index (χ0) is 24.6. The molecule has 0 aromatic heterocycles. The fourth-order valence-electron chi connectivity index (χ4n) is 3.35. The molecule has 0 N–H and O–H groups in total. The third kappa shape index (κ3) is 5.26. The molecule has 33 heavy (non-hydrogen) atoms. The summed E-state index contributed by atoms with van der Waals surface area (Å²) in [6.07, 6.45) is 0.882. The van der Waals surface area contributed by atoms with Crippen LogP contribution in [0.2, 0.25) is 0 Å². The number of carbonyl (C=O) groups excluding carboxylic acids is 2. The van der Waals surface area contributed by atoms with E-state index in [9.17, 15) is 36.5 Å². The second-order valence-electron chi connectivity index (χ2n) is 7.52. The molecule has 0 aliphatic carbocycles. The van der Waals surface area contributed by atoms with Gasteiger partial charge in [0.25, 0.3) is 11.6 Å². The van der Waals surface area contributed by atoms with E-state index in [2.05, 4.69) is 0 Å². The molecule has 0 bridgehead atoms. The zero-order valence-electron chi connectivity index (χ0n) is 17.8. The molecule has 176 valence electrons. The third-order valence-corrected chi connectivity index (χ3v) is 8.21. The Labute approximate surface area is 190 Å². The van der Waals surface area contributed by atoms with Crippen molar-refractivity contribution in [1.82, 2.24) is 9.21 Å². The van der Waals surface area contributed by atoms with E-state index in [4.69, 9.17) is 0 Å². The van der Waals surface area contributed by atoms with Gasteiger partial charge in [-0.2, -0.15) is 4.31 Å². The predicted octanol–water partition coefficient (Wildman–Crippen LogP) is 1.35. The molecule has 0 spiro atoms. The Balaban J connectivity index is 1.78. The quantitative estimate of drug-likeness (QED) is 0.331. The van der Waals surface area contributed by atoms with E-state index in [-0.39, 0.29) is 47.3 Å². The highest BCUT2D eigenvalue weighted by atomic mass is 32.2. The number of rotatable bonds is 6. The Kier molecular flexibility index (Phi) is 6.68. The number of sulfone groups is 1. The minimum absolute atomic E-state index is 0.0144. The number of piperazine rings is 1. The van der Waals surface area contributed by atoms with Crippen LogP contribution in [-0.2, 0) is 19.9 Å². The first-order chi connectivity index (χ1) is 15.3. The minimum atomic E-state index is -3.85. The van der Waals surface area contributed by atoms with E-state index < -0.39 is 36.4 Å². The predicted molar refractivity (Wildman–Crippen MR) is 117 cm³/mol. The molecule has 11 nitrogen and oxygen atoms in total. The lowest BCUT2D eigenvalue weighted by atomic mass is 10.1. The van der Waals surface area contributed by atoms with Crippen LogP contribution in [0.4, 0.5) is 5.69 Å². The molecule has 1 fully saturated rings. The van der Waals surface area contributed by atoms with E-state index >= 15 is 0 Å². The molecule has 0 unspecified atom stereocenters. The van der Waals surface area contributed by atoms with Crippen molar-refractivity contribution >= 4 is 37.2 Å². The smallest absolute Gasteiger partial charge is 0.271 e. The van der Waals surface area contributed by atoms with Crippen molar-refractivity contribution in [1.29, 1.82) is 0 Å². The van der Waals surface area contributed by atoms with Crippen LogP contribution in [0.1, 0.15) is 27.6 Å². The normalized spacial score (nSPS) is 15.3. The van der Waals surface area contributed by atoms with Crippen molar-refractivity contribution in [3.8, 4) is 0 Å². The van der Waals surface area contributed by atoms with Crippen molar-refractivity contribution in [2.24, 2.45) is 0 Å². The molecule has 2 aromatic carbocycles. The topological polar surface area (TPSA) is 152 Å². The first kappa shape index (κ1) is 24.5. The summed E-state index contributed by atoms with van der Waals surface area (Å²) in [6, 6.07) is 8.50. The van der Waals surface area contributed by atoms with Gasteiger partial charge in [-0.15, -0.1) is 0 Å². The van der Waals surface area contributed by atoms with Crippen molar-refractivity contribution in [3.05, 3.63) is 63.7 Å². The van der Waals surface area contributed by atoms with Crippen molar-refractivity contribution in [3.63, 3.8) is 0 Å². The molecule has 1 aliphatic heterocycles. The molecule has 13 heteroatoms.